The average Bonchev–Trinajstić information content (AvgIpc) is 2.13. The van der Waals surface area contributed by atoms with Crippen molar-refractivity contribution >= 4 is 12.8 Å². The standard InChI is InChI=1S/C10H17BFNO2/c1-10-5-3-4-7(13(10)11(2)15)9(12)8(14)6-10/h7,9,15H,3-6H2,1-2H3/t7?,9-,10+/m1/s1. The maximum Gasteiger partial charge on any atom is 0.377 e. The van der Waals surface area contributed by atoms with E-state index in [-0.39, 0.29) is 17.7 Å². The lowest BCUT2D eigenvalue weighted by Gasteiger charge is -2.54. The van der Waals surface area contributed by atoms with Gasteiger partial charge in [-0.25, -0.2) is 4.39 Å². The summed E-state index contributed by atoms with van der Waals surface area (Å²) in [5.41, 5.74) is -0.337. The molecule has 0 amide bonds. The first-order valence-electron chi connectivity index (χ1n) is 5.59. The summed E-state index contributed by atoms with van der Waals surface area (Å²) in [7, 11) is -0.674. The van der Waals surface area contributed by atoms with Crippen molar-refractivity contribution in [3.8, 4) is 0 Å². The number of hydrogen-bond donors (Lipinski definition) is 1. The molecule has 2 aliphatic rings. The van der Waals surface area contributed by atoms with Crippen LogP contribution in [-0.4, -0.2) is 40.4 Å². The van der Waals surface area contributed by atoms with Gasteiger partial charge in [0.05, 0.1) is 0 Å². The number of ketones is 1. The Bertz CT molecular complexity index is 287. The average molecular weight is 213 g/mol. The van der Waals surface area contributed by atoms with Crippen molar-refractivity contribution in [1.29, 1.82) is 0 Å². The minimum Gasteiger partial charge on any atom is -0.437 e. The Morgan fingerprint density at radius 2 is 2.33 bits per heavy atom. The van der Waals surface area contributed by atoms with Crippen LogP contribution in [-0.2, 0) is 4.79 Å². The molecule has 0 radical (unpaired) electrons. The molecule has 2 rings (SSSR count). The van der Waals surface area contributed by atoms with Gasteiger partial charge in [0.15, 0.2) is 12.0 Å². The van der Waals surface area contributed by atoms with Gasteiger partial charge in [0.2, 0.25) is 0 Å². The van der Waals surface area contributed by atoms with Crippen LogP contribution < -0.4 is 0 Å². The second kappa shape index (κ2) is 3.56. The van der Waals surface area contributed by atoms with Crippen molar-refractivity contribution in [2.75, 3.05) is 0 Å². The van der Waals surface area contributed by atoms with Gasteiger partial charge in [-0.05, 0) is 26.6 Å². The van der Waals surface area contributed by atoms with Crippen molar-refractivity contribution in [2.45, 2.75) is 57.2 Å². The molecule has 0 aromatic carbocycles. The lowest BCUT2D eigenvalue weighted by atomic mass is 9.65. The van der Waals surface area contributed by atoms with E-state index in [1.165, 1.54) is 0 Å². The highest BCUT2D eigenvalue weighted by Crippen LogP contribution is 2.41. The van der Waals surface area contributed by atoms with E-state index < -0.39 is 19.3 Å². The third-order valence-electron chi connectivity index (χ3n) is 3.80. The molecule has 0 aromatic rings. The number of alkyl halides is 1. The third-order valence-corrected chi connectivity index (χ3v) is 3.80. The largest absolute Gasteiger partial charge is 0.437 e. The van der Waals surface area contributed by atoms with Gasteiger partial charge < -0.3 is 9.83 Å². The molecule has 3 atom stereocenters. The van der Waals surface area contributed by atoms with E-state index in [1.54, 1.807) is 11.6 Å². The first kappa shape index (κ1) is 11.1. The number of carbonyl (C=O) groups is 1. The lowest BCUT2D eigenvalue weighted by molar-refractivity contribution is -0.137. The maximum atomic E-state index is 13.7. The Balaban J connectivity index is 2.33. The molecule has 1 N–H and O–H groups in total. The third kappa shape index (κ3) is 1.62. The maximum absolute atomic E-state index is 13.7. The molecule has 2 bridgehead atoms. The molecule has 1 unspecified atom stereocenters. The number of carbonyl (C=O) groups excluding carboxylic acids is 1. The van der Waals surface area contributed by atoms with Crippen molar-refractivity contribution < 1.29 is 14.2 Å². The highest BCUT2D eigenvalue weighted by molar-refractivity contribution is 6.45. The van der Waals surface area contributed by atoms with Crippen LogP contribution in [0.4, 0.5) is 4.39 Å². The molecule has 0 spiro atoms. The Hall–Kier alpha value is -0.415. The van der Waals surface area contributed by atoms with Gasteiger partial charge in [0.1, 0.15) is 0 Å². The molecule has 2 saturated heterocycles. The number of hydrogen-bond acceptors (Lipinski definition) is 3. The van der Waals surface area contributed by atoms with Crippen LogP contribution in [0.25, 0.3) is 0 Å². The molecule has 2 heterocycles. The Morgan fingerprint density at radius 1 is 1.67 bits per heavy atom. The normalized spacial score (nSPS) is 41.7. The smallest absolute Gasteiger partial charge is 0.377 e. The number of nitrogens with zero attached hydrogens (tertiary/aromatic N) is 1. The van der Waals surface area contributed by atoms with E-state index in [0.717, 1.165) is 12.8 Å². The molecule has 3 nitrogen and oxygen atoms in total. The zero-order valence-electron chi connectivity index (χ0n) is 9.24. The monoisotopic (exact) mass is 213 g/mol. The van der Waals surface area contributed by atoms with Crippen LogP contribution in [0, 0.1) is 0 Å². The Morgan fingerprint density at radius 3 is 2.93 bits per heavy atom. The van der Waals surface area contributed by atoms with Crippen molar-refractivity contribution in [3.05, 3.63) is 0 Å². The molecule has 5 heteroatoms. The summed E-state index contributed by atoms with van der Waals surface area (Å²) in [6, 6.07) is -0.412. The van der Waals surface area contributed by atoms with Gasteiger partial charge >= 0.3 is 7.05 Å². The van der Waals surface area contributed by atoms with Crippen LogP contribution >= 0.6 is 0 Å². The summed E-state index contributed by atoms with van der Waals surface area (Å²) < 4.78 is 13.7. The summed E-state index contributed by atoms with van der Waals surface area (Å²) in [6.45, 7) is 3.61. The minimum atomic E-state index is -1.41. The number of rotatable bonds is 1. The highest BCUT2D eigenvalue weighted by atomic mass is 19.1. The molecule has 84 valence electrons. The number of halogens is 1. The van der Waals surface area contributed by atoms with Gasteiger partial charge in [-0.3, -0.25) is 4.79 Å². The molecular formula is C10H17BFNO2. The zero-order valence-corrected chi connectivity index (χ0v) is 9.24. The summed E-state index contributed by atoms with van der Waals surface area (Å²) in [4.78, 5) is 13.3. The van der Waals surface area contributed by atoms with Crippen molar-refractivity contribution in [3.63, 3.8) is 0 Å². The molecule has 15 heavy (non-hydrogen) atoms. The lowest BCUT2D eigenvalue weighted by Crippen LogP contribution is -2.68. The summed E-state index contributed by atoms with van der Waals surface area (Å²) in [6.07, 6.45) is 1.31. The van der Waals surface area contributed by atoms with Crippen LogP contribution in [0.5, 0.6) is 0 Å². The van der Waals surface area contributed by atoms with Crippen LogP contribution in [0.2, 0.25) is 6.82 Å². The first-order valence-corrected chi connectivity index (χ1v) is 5.59. The van der Waals surface area contributed by atoms with Gasteiger partial charge in [-0.15, -0.1) is 0 Å². The Kier molecular flexibility index (Phi) is 2.63. The molecule has 0 aromatic heterocycles. The SMILES string of the molecule is CB(O)N1C2CCC[C@@]1(C)CC(=O)[C@@H]2F. The predicted octanol–water partition coefficient (Wildman–Crippen LogP) is 1.02. The quantitative estimate of drug-likeness (QED) is 0.661. The van der Waals surface area contributed by atoms with Crippen LogP contribution in [0.1, 0.15) is 32.6 Å². The van der Waals surface area contributed by atoms with E-state index in [9.17, 15) is 14.2 Å². The van der Waals surface area contributed by atoms with E-state index >= 15 is 0 Å². The van der Waals surface area contributed by atoms with Crippen LogP contribution in [0.15, 0.2) is 0 Å². The van der Waals surface area contributed by atoms with Gasteiger partial charge in [-0.1, -0.05) is 6.42 Å². The van der Waals surface area contributed by atoms with E-state index in [1.807, 2.05) is 6.92 Å². The highest BCUT2D eigenvalue weighted by Gasteiger charge is 2.53. The number of fused-ring (bicyclic) bond motifs is 2. The first-order chi connectivity index (χ1) is 6.96. The number of Topliss-reactive ketones (excluding diaryl/α,β-unsaturated/α-hetero) is 1. The van der Waals surface area contributed by atoms with Gasteiger partial charge in [0, 0.05) is 18.0 Å². The second-order valence-electron chi connectivity index (χ2n) is 5.04. The Labute approximate surface area is 89.8 Å². The molecule has 0 aliphatic carbocycles. The minimum absolute atomic E-state index is 0.232. The molecule has 2 aliphatic heterocycles. The topological polar surface area (TPSA) is 40.5 Å². The van der Waals surface area contributed by atoms with E-state index in [0.29, 0.717) is 6.42 Å². The fraction of sp³-hybridized carbons (Fsp3) is 0.900. The zero-order chi connectivity index (χ0) is 11.2. The predicted molar refractivity (Wildman–Crippen MR) is 56.2 cm³/mol. The van der Waals surface area contributed by atoms with E-state index in [4.69, 9.17) is 0 Å². The number of piperidine rings is 2. The molecule has 2 fully saturated rings. The fourth-order valence-corrected chi connectivity index (χ4v) is 3.24. The molecule has 0 saturated carbocycles. The summed E-state index contributed by atoms with van der Waals surface area (Å²) in [5.74, 6) is -0.292. The van der Waals surface area contributed by atoms with Gasteiger partial charge in [0.25, 0.3) is 0 Å². The summed E-state index contributed by atoms with van der Waals surface area (Å²) in [5, 5.41) is 9.70. The fourth-order valence-electron chi connectivity index (χ4n) is 3.24. The van der Waals surface area contributed by atoms with Crippen molar-refractivity contribution in [1.82, 2.24) is 4.81 Å². The molecular weight excluding hydrogens is 196 g/mol. The van der Waals surface area contributed by atoms with Crippen LogP contribution in [0.3, 0.4) is 0 Å². The summed E-state index contributed by atoms with van der Waals surface area (Å²) >= 11 is 0. The van der Waals surface area contributed by atoms with E-state index in [2.05, 4.69) is 0 Å². The van der Waals surface area contributed by atoms with Gasteiger partial charge in [-0.2, -0.15) is 0 Å². The second-order valence-corrected chi connectivity index (χ2v) is 5.04. The van der Waals surface area contributed by atoms with Crippen molar-refractivity contribution in [2.24, 2.45) is 0 Å².